The van der Waals surface area contributed by atoms with E-state index in [1.165, 1.54) is 0 Å². The Balaban J connectivity index is 3.38. The van der Waals surface area contributed by atoms with Crippen LogP contribution < -0.4 is 5.32 Å². The zero-order chi connectivity index (χ0) is 10.1. The first-order valence-corrected chi connectivity index (χ1v) is 5.02. The number of hydrogen-bond acceptors (Lipinski definition) is 3. The summed E-state index contributed by atoms with van der Waals surface area (Å²) < 4.78 is 10.3. The second kappa shape index (κ2) is 8.48. The molecule has 0 saturated heterocycles. The van der Waals surface area contributed by atoms with E-state index in [0.29, 0.717) is 12.0 Å². The molecular formula is C10H23NO2. The second-order valence-electron chi connectivity index (χ2n) is 3.37. The van der Waals surface area contributed by atoms with Crippen molar-refractivity contribution in [3.8, 4) is 0 Å². The van der Waals surface area contributed by atoms with E-state index >= 15 is 0 Å². The first-order valence-electron chi connectivity index (χ1n) is 5.02. The lowest BCUT2D eigenvalue weighted by atomic mass is 10.1. The molecule has 0 rings (SSSR count). The van der Waals surface area contributed by atoms with E-state index in [9.17, 15) is 0 Å². The van der Waals surface area contributed by atoms with Crippen molar-refractivity contribution in [1.82, 2.24) is 5.32 Å². The Bertz CT molecular complexity index is 109. The van der Waals surface area contributed by atoms with E-state index in [0.717, 1.165) is 26.4 Å². The quantitative estimate of drug-likeness (QED) is 0.584. The molecule has 0 spiro atoms. The molecule has 0 aliphatic heterocycles. The Morgan fingerprint density at radius 2 is 2.00 bits per heavy atom. The Kier molecular flexibility index (Phi) is 8.40. The van der Waals surface area contributed by atoms with Gasteiger partial charge in [0.1, 0.15) is 0 Å². The molecule has 3 nitrogen and oxygen atoms in total. The van der Waals surface area contributed by atoms with Crippen LogP contribution >= 0.6 is 0 Å². The molecule has 3 heteroatoms. The average Bonchev–Trinajstić information content (AvgIpc) is 2.14. The number of nitrogens with one attached hydrogen (secondary N) is 1. The van der Waals surface area contributed by atoms with Gasteiger partial charge in [0.2, 0.25) is 0 Å². The van der Waals surface area contributed by atoms with Crippen LogP contribution in [-0.4, -0.2) is 39.5 Å². The molecule has 0 aromatic rings. The maximum atomic E-state index is 5.35. The molecule has 1 N–H and O–H groups in total. The van der Waals surface area contributed by atoms with Crippen molar-refractivity contribution < 1.29 is 9.47 Å². The van der Waals surface area contributed by atoms with Crippen LogP contribution in [0.2, 0.25) is 0 Å². The summed E-state index contributed by atoms with van der Waals surface area (Å²) in [6, 6.07) is 0.488. The van der Waals surface area contributed by atoms with Gasteiger partial charge < -0.3 is 14.8 Å². The SMILES string of the molecule is CCOCC(C)C(C)NCCOC. The molecule has 0 bridgehead atoms. The van der Waals surface area contributed by atoms with Crippen LogP contribution in [0.1, 0.15) is 20.8 Å². The van der Waals surface area contributed by atoms with Crippen LogP contribution in [0.25, 0.3) is 0 Å². The van der Waals surface area contributed by atoms with E-state index in [1.54, 1.807) is 7.11 Å². The Labute approximate surface area is 81.8 Å². The van der Waals surface area contributed by atoms with Gasteiger partial charge in [0.15, 0.2) is 0 Å². The van der Waals surface area contributed by atoms with Gasteiger partial charge in [-0.05, 0) is 19.8 Å². The van der Waals surface area contributed by atoms with Crippen LogP contribution in [0.5, 0.6) is 0 Å². The molecule has 80 valence electrons. The lowest BCUT2D eigenvalue weighted by molar-refractivity contribution is 0.101. The lowest BCUT2D eigenvalue weighted by Gasteiger charge is -2.20. The van der Waals surface area contributed by atoms with Gasteiger partial charge in [0.25, 0.3) is 0 Å². The Morgan fingerprint density at radius 3 is 2.54 bits per heavy atom. The fourth-order valence-corrected chi connectivity index (χ4v) is 1.04. The minimum atomic E-state index is 0.488. The van der Waals surface area contributed by atoms with E-state index in [2.05, 4.69) is 19.2 Å². The number of rotatable bonds is 8. The minimum absolute atomic E-state index is 0.488. The van der Waals surface area contributed by atoms with Crippen molar-refractivity contribution in [2.45, 2.75) is 26.8 Å². The summed E-state index contributed by atoms with van der Waals surface area (Å²) >= 11 is 0. The molecule has 0 radical (unpaired) electrons. The van der Waals surface area contributed by atoms with Crippen LogP contribution in [0.4, 0.5) is 0 Å². The van der Waals surface area contributed by atoms with Crippen molar-refractivity contribution in [3.05, 3.63) is 0 Å². The zero-order valence-corrected chi connectivity index (χ0v) is 9.30. The molecule has 0 aliphatic rings. The smallest absolute Gasteiger partial charge is 0.0587 e. The van der Waals surface area contributed by atoms with E-state index in [1.807, 2.05) is 6.92 Å². The van der Waals surface area contributed by atoms with Crippen molar-refractivity contribution in [2.24, 2.45) is 5.92 Å². The van der Waals surface area contributed by atoms with Crippen molar-refractivity contribution in [1.29, 1.82) is 0 Å². The summed E-state index contributed by atoms with van der Waals surface area (Å²) in [6.07, 6.45) is 0. The highest BCUT2D eigenvalue weighted by atomic mass is 16.5. The largest absolute Gasteiger partial charge is 0.383 e. The fourth-order valence-electron chi connectivity index (χ4n) is 1.04. The number of ether oxygens (including phenoxy) is 2. The monoisotopic (exact) mass is 189 g/mol. The van der Waals surface area contributed by atoms with Crippen molar-refractivity contribution >= 4 is 0 Å². The van der Waals surface area contributed by atoms with Crippen LogP contribution in [-0.2, 0) is 9.47 Å². The highest BCUT2D eigenvalue weighted by Gasteiger charge is 2.10. The topological polar surface area (TPSA) is 30.5 Å². The Morgan fingerprint density at radius 1 is 1.31 bits per heavy atom. The third-order valence-corrected chi connectivity index (χ3v) is 2.21. The normalized spacial score (nSPS) is 15.7. The summed E-state index contributed by atoms with van der Waals surface area (Å²) in [5.74, 6) is 0.553. The van der Waals surface area contributed by atoms with E-state index in [4.69, 9.17) is 9.47 Å². The van der Waals surface area contributed by atoms with Gasteiger partial charge in [-0.1, -0.05) is 6.92 Å². The predicted molar refractivity (Wildman–Crippen MR) is 55.0 cm³/mol. The van der Waals surface area contributed by atoms with Gasteiger partial charge >= 0.3 is 0 Å². The maximum absolute atomic E-state index is 5.35. The van der Waals surface area contributed by atoms with Crippen molar-refractivity contribution in [2.75, 3.05) is 33.5 Å². The van der Waals surface area contributed by atoms with Gasteiger partial charge in [0.05, 0.1) is 13.2 Å². The second-order valence-corrected chi connectivity index (χ2v) is 3.37. The van der Waals surface area contributed by atoms with Gasteiger partial charge in [-0.2, -0.15) is 0 Å². The molecule has 0 aliphatic carbocycles. The molecule has 0 amide bonds. The number of methoxy groups -OCH3 is 1. The highest BCUT2D eigenvalue weighted by Crippen LogP contribution is 2.02. The van der Waals surface area contributed by atoms with Gasteiger partial charge in [-0.25, -0.2) is 0 Å². The first kappa shape index (κ1) is 12.9. The molecule has 0 fully saturated rings. The molecule has 2 atom stereocenters. The molecule has 0 heterocycles. The van der Waals surface area contributed by atoms with Gasteiger partial charge in [-0.15, -0.1) is 0 Å². The molecular weight excluding hydrogens is 166 g/mol. The molecule has 13 heavy (non-hydrogen) atoms. The summed E-state index contributed by atoms with van der Waals surface area (Å²) in [6.45, 7) is 9.71. The molecule has 0 aromatic carbocycles. The fraction of sp³-hybridized carbons (Fsp3) is 1.00. The number of hydrogen-bond donors (Lipinski definition) is 1. The maximum Gasteiger partial charge on any atom is 0.0587 e. The van der Waals surface area contributed by atoms with E-state index < -0.39 is 0 Å². The van der Waals surface area contributed by atoms with Crippen LogP contribution in [0.15, 0.2) is 0 Å². The van der Waals surface area contributed by atoms with Crippen LogP contribution in [0, 0.1) is 5.92 Å². The highest BCUT2D eigenvalue weighted by molar-refractivity contribution is 4.67. The minimum Gasteiger partial charge on any atom is -0.383 e. The summed E-state index contributed by atoms with van der Waals surface area (Å²) in [7, 11) is 1.72. The Hall–Kier alpha value is -0.120. The van der Waals surface area contributed by atoms with Crippen LogP contribution in [0.3, 0.4) is 0 Å². The van der Waals surface area contributed by atoms with E-state index in [-0.39, 0.29) is 0 Å². The zero-order valence-electron chi connectivity index (χ0n) is 9.30. The first-order chi connectivity index (χ1) is 6.22. The van der Waals surface area contributed by atoms with Crippen molar-refractivity contribution in [3.63, 3.8) is 0 Å². The third-order valence-electron chi connectivity index (χ3n) is 2.21. The molecule has 2 unspecified atom stereocenters. The summed E-state index contributed by atoms with van der Waals surface area (Å²) in [4.78, 5) is 0. The summed E-state index contributed by atoms with van der Waals surface area (Å²) in [5, 5.41) is 3.39. The molecule has 0 aromatic heterocycles. The standard InChI is InChI=1S/C10H23NO2/c1-5-13-8-9(2)10(3)11-6-7-12-4/h9-11H,5-8H2,1-4H3. The third kappa shape index (κ3) is 6.99. The summed E-state index contributed by atoms with van der Waals surface area (Å²) in [5.41, 5.74) is 0. The van der Waals surface area contributed by atoms with Gasteiger partial charge in [-0.3, -0.25) is 0 Å². The lowest BCUT2D eigenvalue weighted by Crippen LogP contribution is -2.36. The average molecular weight is 189 g/mol. The molecule has 0 saturated carbocycles. The van der Waals surface area contributed by atoms with Gasteiger partial charge in [0, 0.05) is 26.3 Å². The predicted octanol–water partition coefficient (Wildman–Crippen LogP) is 1.28.